The summed E-state index contributed by atoms with van der Waals surface area (Å²) in [6, 6.07) is 2.30. The van der Waals surface area contributed by atoms with Crippen LogP contribution in [0.15, 0.2) is 17.5 Å². The summed E-state index contributed by atoms with van der Waals surface area (Å²) >= 11 is 1.54. The van der Waals surface area contributed by atoms with Crippen LogP contribution in [-0.4, -0.2) is 34.9 Å². The SMILES string of the molecule is CC(C)(C)c1csc(C2CN(c3ccc(C(F)(F)F)nn3)CCO2)n1. The van der Waals surface area contributed by atoms with Crippen LogP contribution in [0.5, 0.6) is 0 Å². The molecule has 5 nitrogen and oxygen atoms in total. The molecule has 0 aromatic carbocycles. The van der Waals surface area contributed by atoms with Crippen molar-refractivity contribution in [1.82, 2.24) is 15.2 Å². The topological polar surface area (TPSA) is 51.1 Å². The van der Waals surface area contributed by atoms with Crippen LogP contribution < -0.4 is 4.90 Å². The van der Waals surface area contributed by atoms with Crippen LogP contribution >= 0.6 is 11.3 Å². The standard InChI is InChI=1S/C16H19F3N4OS/c1-15(2,3)12-9-25-14(20-12)10-8-23(6-7-24-10)13-5-4-11(21-22-13)16(17,18)19/h4-5,9-10H,6-8H2,1-3H3. The number of thiazole rings is 1. The molecular formula is C16H19F3N4OS. The first kappa shape index (κ1) is 18.1. The van der Waals surface area contributed by atoms with E-state index in [1.165, 1.54) is 17.4 Å². The van der Waals surface area contributed by atoms with Gasteiger partial charge in [-0.2, -0.15) is 13.2 Å². The van der Waals surface area contributed by atoms with E-state index < -0.39 is 11.9 Å². The molecular weight excluding hydrogens is 353 g/mol. The van der Waals surface area contributed by atoms with Crippen molar-refractivity contribution in [1.29, 1.82) is 0 Å². The second kappa shape index (κ2) is 6.53. The second-order valence-electron chi connectivity index (χ2n) is 6.90. The molecule has 0 N–H and O–H groups in total. The Morgan fingerprint density at radius 1 is 1.16 bits per heavy atom. The van der Waals surface area contributed by atoms with E-state index in [9.17, 15) is 13.2 Å². The second-order valence-corrected chi connectivity index (χ2v) is 7.79. The summed E-state index contributed by atoms with van der Waals surface area (Å²) < 4.78 is 43.6. The predicted molar refractivity (Wildman–Crippen MR) is 88.8 cm³/mol. The maximum absolute atomic E-state index is 12.6. The van der Waals surface area contributed by atoms with Gasteiger partial charge < -0.3 is 9.64 Å². The molecule has 0 amide bonds. The first-order valence-corrected chi connectivity index (χ1v) is 8.76. The fourth-order valence-electron chi connectivity index (χ4n) is 2.43. The minimum atomic E-state index is -4.48. The molecule has 1 aliphatic rings. The highest BCUT2D eigenvalue weighted by atomic mass is 32.1. The Bertz CT molecular complexity index is 724. The van der Waals surface area contributed by atoms with Gasteiger partial charge in [-0.05, 0) is 12.1 Å². The van der Waals surface area contributed by atoms with Crippen molar-refractivity contribution in [3.63, 3.8) is 0 Å². The normalized spacial score (nSPS) is 19.3. The minimum absolute atomic E-state index is 0.0397. The van der Waals surface area contributed by atoms with Gasteiger partial charge in [0.2, 0.25) is 0 Å². The van der Waals surface area contributed by atoms with Crippen LogP contribution in [0.2, 0.25) is 0 Å². The number of anilines is 1. The van der Waals surface area contributed by atoms with Gasteiger partial charge in [0.25, 0.3) is 0 Å². The molecule has 1 fully saturated rings. The van der Waals surface area contributed by atoms with E-state index in [0.29, 0.717) is 25.5 Å². The Hall–Kier alpha value is -1.74. The maximum atomic E-state index is 12.6. The van der Waals surface area contributed by atoms with Crippen molar-refractivity contribution in [3.05, 3.63) is 33.9 Å². The third kappa shape index (κ3) is 4.09. The van der Waals surface area contributed by atoms with Gasteiger partial charge in [-0.1, -0.05) is 20.8 Å². The molecule has 0 radical (unpaired) electrons. The van der Waals surface area contributed by atoms with Crippen LogP contribution in [0.25, 0.3) is 0 Å². The molecule has 3 rings (SSSR count). The van der Waals surface area contributed by atoms with Crippen molar-refractivity contribution in [2.24, 2.45) is 0 Å². The van der Waals surface area contributed by atoms with E-state index in [1.807, 2.05) is 10.3 Å². The van der Waals surface area contributed by atoms with Gasteiger partial charge in [-0.3, -0.25) is 0 Å². The lowest BCUT2D eigenvalue weighted by Crippen LogP contribution is -2.39. The molecule has 2 aromatic rings. The number of hydrogen-bond donors (Lipinski definition) is 0. The molecule has 0 aliphatic carbocycles. The highest BCUT2D eigenvalue weighted by molar-refractivity contribution is 7.09. The summed E-state index contributed by atoms with van der Waals surface area (Å²) in [5, 5.41) is 9.91. The summed E-state index contributed by atoms with van der Waals surface area (Å²) in [5.74, 6) is 0.411. The number of hydrogen-bond acceptors (Lipinski definition) is 6. The summed E-state index contributed by atoms with van der Waals surface area (Å²) in [7, 11) is 0. The lowest BCUT2D eigenvalue weighted by Gasteiger charge is -2.32. The van der Waals surface area contributed by atoms with Gasteiger partial charge in [-0.15, -0.1) is 21.5 Å². The number of aromatic nitrogens is 3. The number of alkyl halides is 3. The minimum Gasteiger partial charge on any atom is -0.367 e. The van der Waals surface area contributed by atoms with Crippen LogP contribution in [0, 0.1) is 0 Å². The summed E-state index contributed by atoms with van der Waals surface area (Å²) in [5.41, 5.74) is -0.0273. The maximum Gasteiger partial charge on any atom is 0.435 e. The van der Waals surface area contributed by atoms with Crippen molar-refractivity contribution in [3.8, 4) is 0 Å². The number of nitrogens with zero attached hydrogens (tertiary/aromatic N) is 4. The largest absolute Gasteiger partial charge is 0.435 e. The Morgan fingerprint density at radius 3 is 2.48 bits per heavy atom. The number of ether oxygens (including phenoxy) is 1. The van der Waals surface area contributed by atoms with E-state index in [2.05, 4.69) is 36.0 Å². The Kier molecular flexibility index (Phi) is 4.72. The predicted octanol–water partition coefficient (Wildman–Crippen LogP) is 3.83. The van der Waals surface area contributed by atoms with Gasteiger partial charge in [0.05, 0.1) is 18.8 Å². The molecule has 9 heteroatoms. The monoisotopic (exact) mass is 372 g/mol. The molecule has 0 saturated carbocycles. The average Bonchev–Trinajstić information content (AvgIpc) is 3.05. The molecule has 1 atom stereocenters. The van der Waals surface area contributed by atoms with Crippen molar-refractivity contribution >= 4 is 17.2 Å². The van der Waals surface area contributed by atoms with Crippen LogP contribution in [-0.2, 0) is 16.3 Å². The molecule has 3 heterocycles. The Labute approximate surface area is 147 Å². The average molecular weight is 372 g/mol. The smallest absolute Gasteiger partial charge is 0.367 e. The quantitative estimate of drug-likeness (QED) is 0.802. The Morgan fingerprint density at radius 2 is 1.92 bits per heavy atom. The highest BCUT2D eigenvalue weighted by Gasteiger charge is 2.33. The van der Waals surface area contributed by atoms with E-state index in [4.69, 9.17) is 4.74 Å². The van der Waals surface area contributed by atoms with Crippen molar-refractivity contribution < 1.29 is 17.9 Å². The number of rotatable bonds is 2. The van der Waals surface area contributed by atoms with E-state index in [-0.39, 0.29) is 11.5 Å². The lowest BCUT2D eigenvalue weighted by molar-refractivity contribution is -0.141. The van der Waals surface area contributed by atoms with Gasteiger partial charge in [-0.25, -0.2) is 4.98 Å². The molecule has 1 aliphatic heterocycles. The molecule has 1 unspecified atom stereocenters. The summed E-state index contributed by atoms with van der Waals surface area (Å²) in [6.07, 6.45) is -4.71. The van der Waals surface area contributed by atoms with Crippen LogP contribution in [0.1, 0.15) is 43.3 Å². The van der Waals surface area contributed by atoms with Gasteiger partial charge in [0, 0.05) is 17.3 Å². The third-order valence-corrected chi connectivity index (χ3v) is 4.83. The summed E-state index contributed by atoms with van der Waals surface area (Å²) in [4.78, 5) is 6.54. The van der Waals surface area contributed by atoms with Gasteiger partial charge in [0.1, 0.15) is 11.1 Å². The fraction of sp³-hybridized carbons (Fsp3) is 0.562. The number of halogens is 3. The van der Waals surface area contributed by atoms with Gasteiger partial charge in [0.15, 0.2) is 11.5 Å². The molecule has 1 saturated heterocycles. The Balaban J connectivity index is 1.74. The first-order valence-electron chi connectivity index (χ1n) is 7.88. The van der Waals surface area contributed by atoms with E-state index in [0.717, 1.165) is 16.8 Å². The zero-order valence-corrected chi connectivity index (χ0v) is 15.0. The molecule has 136 valence electrons. The third-order valence-electron chi connectivity index (χ3n) is 3.90. The van der Waals surface area contributed by atoms with Crippen molar-refractivity contribution in [2.45, 2.75) is 38.5 Å². The lowest BCUT2D eigenvalue weighted by atomic mass is 9.93. The zero-order valence-electron chi connectivity index (χ0n) is 14.2. The van der Waals surface area contributed by atoms with E-state index >= 15 is 0 Å². The van der Waals surface area contributed by atoms with Crippen LogP contribution in [0.4, 0.5) is 19.0 Å². The van der Waals surface area contributed by atoms with Crippen LogP contribution in [0.3, 0.4) is 0 Å². The molecule has 0 spiro atoms. The number of morpholine rings is 1. The molecule has 0 bridgehead atoms. The first-order chi connectivity index (χ1) is 11.6. The summed E-state index contributed by atoms with van der Waals surface area (Å²) in [6.45, 7) is 7.77. The fourth-order valence-corrected chi connectivity index (χ4v) is 3.52. The van der Waals surface area contributed by atoms with Crippen molar-refractivity contribution in [2.75, 3.05) is 24.6 Å². The van der Waals surface area contributed by atoms with E-state index in [1.54, 1.807) is 0 Å². The molecule has 25 heavy (non-hydrogen) atoms. The van der Waals surface area contributed by atoms with Gasteiger partial charge >= 0.3 is 6.18 Å². The highest BCUT2D eigenvalue weighted by Crippen LogP contribution is 2.32. The zero-order chi connectivity index (χ0) is 18.2. The molecule has 2 aromatic heterocycles.